The predicted octanol–water partition coefficient (Wildman–Crippen LogP) is 4.65. The fourth-order valence-corrected chi connectivity index (χ4v) is 2.45. The number of nitriles is 1. The lowest BCUT2D eigenvalue weighted by molar-refractivity contribution is 0.358. The molecule has 0 aromatic heterocycles. The Morgan fingerprint density at radius 1 is 1.28 bits per heavy atom. The molecule has 0 aliphatic rings. The second-order valence-electron chi connectivity index (χ2n) is 4.89. The van der Waals surface area contributed by atoms with Gasteiger partial charge in [0.2, 0.25) is 0 Å². The predicted molar refractivity (Wildman–Crippen MR) is 73.1 cm³/mol. The van der Waals surface area contributed by atoms with Gasteiger partial charge in [-0.2, -0.15) is 5.26 Å². The third kappa shape index (κ3) is 3.23. The lowest BCUT2D eigenvalue weighted by Crippen LogP contribution is -2.30. The first-order valence-corrected chi connectivity index (χ1v) is 6.83. The highest BCUT2D eigenvalue weighted by Crippen LogP contribution is 2.36. The Bertz CT molecular complexity index is 407. The van der Waals surface area contributed by atoms with Crippen LogP contribution in [0.3, 0.4) is 0 Å². The van der Waals surface area contributed by atoms with Crippen LogP contribution in [-0.2, 0) is 5.41 Å². The number of hydrogen-bond donors (Lipinski definition) is 0. The molecule has 98 valence electrons. The van der Waals surface area contributed by atoms with Gasteiger partial charge in [0.05, 0.1) is 11.5 Å². The summed E-state index contributed by atoms with van der Waals surface area (Å²) in [6.07, 6.45) is 2.57. The van der Waals surface area contributed by atoms with Crippen LogP contribution in [0.4, 0.5) is 4.39 Å². The molecule has 18 heavy (non-hydrogen) atoms. The number of halogens is 2. The molecule has 1 atom stereocenters. The van der Waals surface area contributed by atoms with Crippen molar-refractivity contribution in [3.8, 4) is 6.07 Å². The minimum Gasteiger partial charge on any atom is -0.207 e. The van der Waals surface area contributed by atoms with Crippen molar-refractivity contribution in [2.45, 2.75) is 38.5 Å². The Hall–Kier alpha value is -1.07. The van der Waals surface area contributed by atoms with Gasteiger partial charge in [-0.1, -0.05) is 32.4 Å². The van der Waals surface area contributed by atoms with E-state index in [-0.39, 0.29) is 11.7 Å². The number of alkyl halides is 1. The van der Waals surface area contributed by atoms with Crippen LogP contribution in [0, 0.1) is 23.1 Å². The molecule has 1 rings (SSSR count). The third-order valence-electron chi connectivity index (χ3n) is 3.50. The Labute approximate surface area is 114 Å². The Morgan fingerprint density at radius 2 is 1.89 bits per heavy atom. The summed E-state index contributed by atoms with van der Waals surface area (Å²) in [6.45, 7) is 4.07. The first-order chi connectivity index (χ1) is 8.56. The quantitative estimate of drug-likeness (QED) is 0.544. The fourth-order valence-electron chi connectivity index (χ4n) is 2.26. The molecule has 0 fully saturated rings. The number of rotatable bonds is 6. The smallest absolute Gasteiger partial charge is 0.123 e. The van der Waals surface area contributed by atoms with Crippen LogP contribution in [0.5, 0.6) is 0 Å². The SMILES string of the molecule is CC(C)C(C#N)(CCCCCl)c1ccc(F)cc1. The van der Waals surface area contributed by atoms with E-state index in [4.69, 9.17) is 11.6 Å². The van der Waals surface area contributed by atoms with Gasteiger partial charge in [0.1, 0.15) is 5.82 Å². The molecule has 0 spiro atoms. The summed E-state index contributed by atoms with van der Waals surface area (Å²) < 4.78 is 13.0. The fraction of sp³-hybridized carbons (Fsp3) is 0.533. The van der Waals surface area contributed by atoms with Crippen LogP contribution >= 0.6 is 11.6 Å². The molecule has 0 aliphatic carbocycles. The third-order valence-corrected chi connectivity index (χ3v) is 3.77. The number of unbranched alkanes of at least 4 members (excludes halogenated alkanes) is 1. The van der Waals surface area contributed by atoms with E-state index < -0.39 is 5.41 Å². The molecule has 0 radical (unpaired) electrons. The summed E-state index contributed by atoms with van der Waals surface area (Å²) in [7, 11) is 0. The van der Waals surface area contributed by atoms with Crippen LogP contribution < -0.4 is 0 Å². The van der Waals surface area contributed by atoms with E-state index in [2.05, 4.69) is 6.07 Å². The number of hydrogen-bond acceptors (Lipinski definition) is 1. The second kappa shape index (κ2) is 6.75. The molecule has 1 nitrogen and oxygen atoms in total. The van der Waals surface area contributed by atoms with Gasteiger partial charge in [0, 0.05) is 5.88 Å². The van der Waals surface area contributed by atoms with E-state index in [1.165, 1.54) is 12.1 Å². The Morgan fingerprint density at radius 3 is 2.33 bits per heavy atom. The van der Waals surface area contributed by atoms with E-state index in [0.29, 0.717) is 5.88 Å². The highest BCUT2D eigenvalue weighted by atomic mass is 35.5. The van der Waals surface area contributed by atoms with Crippen molar-refractivity contribution < 1.29 is 4.39 Å². The summed E-state index contributed by atoms with van der Waals surface area (Å²) in [5.74, 6) is 0.529. The molecule has 0 N–H and O–H groups in total. The maximum atomic E-state index is 13.0. The van der Waals surface area contributed by atoms with Crippen molar-refractivity contribution in [3.05, 3.63) is 35.6 Å². The minimum absolute atomic E-state index is 0.184. The van der Waals surface area contributed by atoms with E-state index in [1.807, 2.05) is 13.8 Å². The summed E-state index contributed by atoms with van der Waals surface area (Å²) in [4.78, 5) is 0. The number of nitrogens with zero attached hydrogens (tertiary/aromatic N) is 1. The zero-order valence-electron chi connectivity index (χ0n) is 10.9. The summed E-state index contributed by atoms with van der Waals surface area (Å²) in [5, 5.41) is 9.59. The molecule has 1 aromatic rings. The molecule has 0 aliphatic heterocycles. The van der Waals surface area contributed by atoms with Crippen LogP contribution in [0.25, 0.3) is 0 Å². The maximum Gasteiger partial charge on any atom is 0.123 e. The normalized spacial score (nSPS) is 14.2. The zero-order valence-corrected chi connectivity index (χ0v) is 11.7. The topological polar surface area (TPSA) is 23.8 Å². The van der Waals surface area contributed by atoms with Crippen molar-refractivity contribution in [1.82, 2.24) is 0 Å². The first kappa shape index (κ1) is 15.0. The summed E-state index contributed by atoms with van der Waals surface area (Å²) >= 11 is 5.69. The van der Waals surface area contributed by atoms with Gasteiger partial charge in [-0.15, -0.1) is 11.6 Å². The molecular formula is C15H19ClFN. The van der Waals surface area contributed by atoms with Gasteiger partial charge in [0.25, 0.3) is 0 Å². The van der Waals surface area contributed by atoms with Crippen LogP contribution in [0.15, 0.2) is 24.3 Å². The Kier molecular flexibility index (Phi) is 5.62. The molecule has 3 heteroatoms. The average Bonchev–Trinajstić information content (AvgIpc) is 2.36. The van der Waals surface area contributed by atoms with Gasteiger partial charge >= 0.3 is 0 Å². The van der Waals surface area contributed by atoms with Crippen LogP contribution in [0.2, 0.25) is 0 Å². The molecule has 0 bridgehead atoms. The van der Waals surface area contributed by atoms with Gasteiger partial charge in [-0.3, -0.25) is 0 Å². The van der Waals surface area contributed by atoms with E-state index in [1.54, 1.807) is 12.1 Å². The minimum atomic E-state index is -0.542. The molecule has 0 heterocycles. The highest BCUT2D eigenvalue weighted by molar-refractivity contribution is 6.17. The van der Waals surface area contributed by atoms with Crippen molar-refractivity contribution in [3.63, 3.8) is 0 Å². The van der Waals surface area contributed by atoms with Gasteiger partial charge in [0.15, 0.2) is 0 Å². The monoisotopic (exact) mass is 267 g/mol. The van der Waals surface area contributed by atoms with E-state index in [9.17, 15) is 9.65 Å². The molecule has 0 amide bonds. The van der Waals surface area contributed by atoms with Crippen LogP contribution in [0.1, 0.15) is 38.7 Å². The Balaban J connectivity index is 3.03. The van der Waals surface area contributed by atoms with E-state index in [0.717, 1.165) is 24.8 Å². The van der Waals surface area contributed by atoms with Gasteiger partial charge in [-0.25, -0.2) is 4.39 Å². The molecule has 1 aromatic carbocycles. The molecule has 0 saturated heterocycles. The van der Waals surface area contributed by atoms with Crippen molar-refractivity contribution in [2.24, 2.45) is 5.92 Å². The second-order valence-corrected chi connectivity index (χ2v) is 5.27. The molecule has 1 unspecified atom stereocenters. The lowest BCUT2D eigenvalue weighted by Gasteiger charge is -2.31. The summed E-state index contributed by atoms with van der Waals surface area (Å²) in [5.41, 5.74) is 0.357. The highest BCUT2D eigenvalue weighted by Gasteiger charge is 2.35. The summed E-state index contributed by atoms with van der Waals surface area (Å²) in [6, 6.07) is 8.73. The molecule has 0 saturated carbocycles. The zero-order chi connectivity index (χ0) is 13.6. The maximum absolute atomic E-state index is 13.0. The molecular weight excluding hydrogens is 249 g/mol. The lowest BCUT2D eigenvalue weighted by atomic mass is 9.69. The van der Waals surface area contributed by atoms with Crippen molar-refractivity contribution in [1.29, 1.82) is 5.26 Å². The van der Waals surface area contributed by atoms with E-state index >= 15 is 0 Å². The van der Waals surface area contributed by atoms with Gasteiger partial charge in [-0.05, 0) is 36.5 Å². The van der Waals surface area contributed by atoms with Crippen molar-refractivity contribution in [2.75, 3.05) is 5.88 Å². The standard InChI is InChI=1S/C15H19ClFN/c1-12(2)15(11-18,9-3-4-10-16)13-5-7-14(17)8-6-13/h5-8,12H,3-4,9-10H2,1-2H3. The first-order valence-electron chi connectivity index (χ1n) is 6.30. The van der Waals surface area contributed by atoms with Gasteiger partial charge < -0.3 is 0 Å². The largest absolute Gasteiger partial charge is 0.207 e. The van der Waals surface area contributed by atoms with Crippen LogP contribution in [-0.4, -0.2) is 5.88 Å². The average molecular weight is 268 g/mol. The number of benzene rings is 1. The van der Waals surface area contributed by atoms with Crippen molar-refractivity contribution >= 4 is 11.6 Å².